The Kier molecular flexibility index (Phi) is 6.34. The van der Waals surface area contributed by atoms with Gasteiger partial charge in [0.25, 0.3) is 0 Å². The number of nitrogens with zero attached hydrogens (tertiary/aromatic N) is 1. The van der Waals surface area contributed by atoms with E-state index >= 15 is 0 Å². The van der Waals surface area contributed by atoms with E-state index in [1.807, 2.05) is 11.9 Å². The minimum Gasteiger partial charge on any atom is -0.351 e. The van der Waals surface area contributed by atoms with Crippen LogP contribution in [0.2, 0.25) is 0 Å². The Morgan fingerprint density at radius 1 is 1.24 bits per heavy atom. The van der Waals surface area contributed by atoms with Crippen molar-refractivity contribution in [2.45, 2.75) is 64.3 Å². The smallest absolute Gasteiger partial charge is 0.315 e. The highest BCUT2D eigenvalue weighted by Gasteiger charge is 2.33. The van der Waals surface area contributed by atoms with E-state index in [1.165, 1.54) is 38.5 Å². The molecule has 0 spiro atoms. The lowest BCUT2D eigenvalue weighted by Gasteiger charge is -2.41. The van der Waals surface area contributed by atoms with Gasteiger partial charge in [-0.1, -0.05) is 32.6 Å². The van der Waals surface area contributed by atoms with E-state index in [0.717, 1.165) is 37.8 Å². The standard InChI is InChI=1S/C17H33N3O/c1-13-6-8-14(9-7-13)11-15(12-19-2)16-5-3-4-10-20(16)17(18)21/h13-16,19H,3-12H2,1-2H3,(H2,18,21). The molecule has 0 aromatic heterocycles. The maximum absolute atomic E-state index is 11.7. The molecule has 122 valence electrons. The molecule has 1 saturated heterocycles. The maximum Gasteiger partial charge on any atom is 0.315 e. The number of nitrogens with one attached hydrogen (secondary N) is 1. The highest BCUT2D eigenvalue weighted by atomic mass is 16.2. The molecule has 3 N–H and O–H groups in total. The minimum absolute atomic E-state index is 0.224. The predicted molar refractivity (Wildman–Crippen MR) is 87.1 cm³/mol. The van der Waals surface area contributed by atoms with Crippen LogP contribution in [0, 0.1) is 17.8 Å². The fourth-order valence-electron chi connectivity index (χ4n) is 4.35. The number of primary amides is 1. The quantitative estimate of drug-likeness (QED) is 0.819. The molecule has 0 aromatic carbocycles. The van der Waals surface area contributed by atoms with E-state index in [4.69, 9.17) is 5.73 Å². The lowest BCUT2D eigenvalue weighted by Crippen LogP contribution is -2.52. The number of urea groups is 1. The summed E-state index contributed by atoms with van der Waals surface area (Å²) in [5.41, 5.74) is 5.61. The van der Waals surface area contributed by atoms with Gasteiger partial charge in [-0.25, -0.2) is 4.79 Å². The summed E-state index contributed by atoms with van der Waals surface area (Å²) in [7, 11) is 2.02. The first-order valence-corrected chi connectivity index (χ1v) is 8.82. The third-order valence-electron chi connectivity index (χ3n) is 5.61. The SMILES string of the molecule is CNCC(CC1CCC(C)CC1)C1CCCCN1C(N)=O. The van der Waals surface area contributed by atoms with E-state index < -0.39 is 0 Å². The number of hydrogen-bond donors (Lipinski definition) is 2. The molecule has 2 aliphatic rings. The topological polar surface area (TPSA) is 58.4 Å². The summed E-state index contributed by atoms with van der Waals surface area (Å²) < 4.78 is 0. The van der Waals surface area contributed by atoms with Crippen LogP contribution in [0.3, 0.4) is 0 Å². The van der Waals surface area contributed by atoms with Crippen LogP contribution < -0.4 is 11.1 Å². The second kappa shape index (κ2) is 8.02. The molecule has 0 radical (unpaired) electrons. The van der Waals surface area contributed by atoms with Gasteiger partial charge in [-0.05, 0) is 57.0 Å². The summed E-state index contributed by atoms with van der Waals surface area (Å²) in [6.07, 6.45) is 10.2. The first kappa shape index (κ1) is 16.6. The molecule has 1 aliphatic heterocycles. The molecule has 2 atom stereocenters. The van der Waals surface area contributed by atoms with Gasteiger partial charge in [0.15, 0.2) is 0 Å². The van der Waals surface area contributed by atoms with E-state index in [9.17, 15) is 4.79 Å². The molecule has 2 unspecified atom stereocenters. The van der Waals surface area contributed by atoms with Crippen LogP contribution >= 0.6 is 0 Å². The fraction of sp³-hybridized carbons (Fsp3) is 0.941. The molecule has 2 fully saturated rings. The molecule has 1 aliphatic carbocycles. The second-order valence-corrected chi connectivity index (χ2v) is 7.27. The Labute approximate surface area is 129 Å². The number of carbonyl (C=O) groups excluding carboxylic acids is 1. The predicted octanol–water partition coefficient (Wildman–Crippen LogP) is 2.97. The van der Waals surface area contributed by atoms with Crippen molar-refractivity contribution in [1.82, 2.24) is 10.2 Å². The molecule has 2 rings (SSSR count). The number of likely N-dealkylation sites (tertiary alicyclic amines) is 1. The van der Waals surface area contributed by atoms with Crippen molar-refractivity contribution >= 4 is 6.03 Å². The molecule has 2 amide bonds. The zero-order valence-corrected chi connectivity index (χ0v) is 13.8. The molecule has 0 bridgehead atoms. The molecule has 21 heavy (non-hydrogen) atoms. The third-order valence-corrected chi connectivity index (χ3v) is 5.61. The van der Waals surface area contributed by atoms with Crippen molar-refractivity contribution in [3.63, 3.8) is 0 Å². The van der Waals surface area contributed by atoms with Crippen molar-refractivity contribution in [3.05, 3.63) is 0 Å². The van der Waals surface area contributed by atoms with Gasteiger partial charge < -0.3 is 16.0 Å². The van der Waals surface area contributed by atoms with E-state index in [-0.39, 0.29) is 6.03 Å². The van der Waals surface area contributed by atoms with Crippen molar-refractivity contribution in [3.8, 4) is 0 Å². The Bertz CT molecular complexity index is 326. The minimum atomic E-state index is -0.224. The zero-order valence-electron chi connectivity index (χ0n) is 13.8. The Hall–Kier alpha value is -0.770. The first-order valence-electron chi connectivity index (χ1n) is 8.82. The van der Waals surface area contributed by atoms with Gasteiger partial charge in [0.05, 0.1) is 0 Å². The van der Waals surface area contributed by atoms with Crippen molar-refractivity contribution in [1.29, 1.82) is 0 Å². The van der Waals surface area contributed by atoms with Crippen molar-refractivity contribution in [2.75, 3.05) is 20.1 Å². The summed E-state index contributed by atoms with van der Waals surface area (Å²) in [6.45, 7) is 4.22. The van der Waals surface area contributed by atoms with Gasteiger partial charge in [-0.3, -0.25) is 0 Å². The number of nitrogens with two attached hydrogens (primary N) is 1. The van der Waals surface area contributed by atoms with Gasteiger partial charge in [0.1, 0.15) is 0 Å². The van der Waals surface area contributed by atoms with Crippen LogP contribution in [0.4, 0.5) is 4.79 Å². The molecule has 1 heterocycles. The summed E-state index contributed by atoms with van der Waals surface area (Å²) in [4.78, 5) is 13.7. The lowest BCUT2D eigenvalue weighted by atomic mass is 9.76. The van der Waals surface area contributed by atoms with E-state index in [2.05, 4.69) is 12.2 Å². The van der Waals surface area contributed by atoms with Crippen molar-refractivity contribution < 1.29 is 4.79 Å². The van der Waals surface area contributed by atoms with Gasteiger partial charge >= 0.3 is 6.03 Å². The highest BCUT2D eigenvalue weighted by Crippen LogP contribution is 2.35. The number of rotatable bonds is 5. The van der Waals surface area contributed by atoms with Gasteiger partial charge in [-0.15, -0.1) is 0 Å². The molecule has 1 saturated carbocycles. The normalized spacial score (nSPS) is 31.9. The van der Waals surface area contributed by atoms with E-state index in [0.29, 0.717) is 12.0 Å². The van der Waals surface area contributed by atoms with Gasteiger partial charge in [0, 0.05) is 12.6 Å². The van der Waals surface area contributed by atoms with Crippen molar-refractivity contribution in [2.24, 2.45) is 23.5 Å². The van der Waals surface area contributed by atoms with Crippen LogP contribution in [-0.2, 0) is 0 Å². The second-order valence-electron chi connectivity index (χ2n) is 7.27. The van der Waals surface area contributed by atoms with E-state index in [1.54, 1.807) is 0 Å². The Balaban J connectivity index is 1.97. The van der Waals surface area contributed by atoms with Crippen LogP contribution in [0.25, 0.3) is 0 Å². The lowest BCUT2D eigenvalue weighted by molar-refractivity contribution is 0.106. The largest absolute Gasteiger partial charge is 0.351 e. The van der Waals surface area contributed by atoms with Crippen LogP contribution in [0.1, 0.15) is 58.3 Å². The number of hydrogen-bond acceptors (Lipinski definition) is 2. The average Bonchev–Trinajstić information content (AvgIpc) is 2.49. The number of piperidine rings is 1. The monoisotopic (exact) mass is 295 g/mol. The van der Waals surface area contributed by atoms with Gasteiger partial charge in [0.2, 0.25) is 0 Å². The van der Waals surface area contributed by atoms with Gasteiger partial charge in [-0.2, -0.15) is 0 Å². The Morgan fingerprint density at radius 3 is 2.57 bits per heavy atom. The van der Waals surface area contributed by atoms with Crippen LogP contribution in [0.5, 0.6) is 0 Å². The first-order chi connectivity index (χ1) is 10.1. The zero-order chi connectivity index (χ0) is 15.2. The summed E-state index contributed by atoms with van der Waals surface area (Å²) in [5, 5.41) is 3.34. The number of amides is 2. The maximum atomic E-state index is 11.7. The summed E-state index contributed by atoms with van der Waals surface area (Å²) in [6, 6.07) is 0.126. The average molecular weight is 295 g/mol. The van der Waals surface area contributed by atoms with Crippen LogP contribution in [-0.4, -0.2) is 37.1 Å². The highest BCUT2D eigenvalue weighted by molar-refractivity contribution is 5.72. The molecule has 0 aromatic rings. The number of carbonyl (C=O) groups is 1. The van der Waals surface area contributed by atoms with Crippen LogP contribution in [0.15, 0.2) is 0 Å². The molecule has 4 nitrogen and oxygen atoms in total. The molecular formula is C17H33N3O. The fourth-order valence-corrected chi connectivity index (χ4v) is 4.35. The summed E-state index contributed by atoms with van der Waals surface area (Å²) in [5.74, 6) is 2.30. The molecular weight excluding hydrogens is 262 g/mol. The summed E-state index contributed by atoms with van der Waals surface area (Å²) >= 11 is 0. The molecule has 4 heteroatoms. The Morgan fingerprint density at radius 2 is 1.95 bits per heavy atom. The third kappa shape index (κ3) is 4.60.